The third-order valence-electron chi connectivity index (χ3n) is 2.06. The summed E-state index contributed by atoms with van der Waals surface area (Å²) in [6.07, 6.45) is 1.34. The molecule has 0 aliphatic rings. The fourth-order valence-corrected chi connectivity index (χ4v) is 1.74. The summed E-state index contributed by atoms with van der Waals surface area (Å²) in [5, 5.41) is 13.6. The van der Waals surface area contributed by atoms with Gasteiger partial charge >= 0.3 is 0 Å². The maximum atomic E-state index is 11.6. The molecule has 7 nitrogen and oxygen atoms in total. The van der Waals surface area contributed by atoms with E-state index in [9.17, 15) is 4.79 Å². The third kappa shape index (κ3) is 2.88. The molecule has 1 amide bonds. The Hall–Kier alpha value is -1.86. The molecule has 0 unspecified atom stereocenters. The summed E-state index contributed by atoms with van der Waals surface area (Å²) in [6, 6.07) is 3.03. The molecule has 0 saturated carbocycles. The molecule has 0 saturated heterocycles. The lowest BCUT2D eigenvalue weighted by atomic mass is 10.3. The van der Waals surface area contributed by atoms with Crippen molar-refractivity contribution >= 4 is 40.5 Å². The van der Waals surface area contributed by atoms with Gasteiger partial charge in [-0.05, 0) is 22.6 Å². The molecule has 2 rings (SSSR count). The molecule has 18 heavy (non-hydrogen) atoms. The van der Waals surface area contributed by atoms with Crippen molar-refractivity contribution in [2.24, 2.45) is 0 Å². The molecule has 1 aromatic carbocycles. The Labute approximate surface area is 112 Å². The van der Waals surface area contributed by atoms with Gasteiger partial charge in [-0.2, -0.15) is 0 Å². The molecule has 0 fully saturated rings. The van der Waals surface area contributed by atoms with Gasteiger partial charge in [-0.25, -0.2) is 4.68 Å². The second-order valence-corrected chi connectivity index (χ2v) is 4.22. The lowest BCUT2D eigenvalue weighted by Gasteiger charge is -2.08. The molecule has 1 heterocycles. The summed E-state index contributed by atoms with van der Waals surface area (Å²) in [5.74, 6) is -0.306. The first-order valence-electron chi connectivity index (χ1n) is 4.81. The molecule has 0 spiro atoms. The van der Waals surface area contributed by atoms with E-state index in [0.717, 1.165) is 0 Å². The van der Waals surface area contributed by atoms with Crippen LogP contribution in [0.3, 0.4) is 0 Å². The van der Waals surface area contributed by atoms with E-state index in [2.05, 4.69) is 20.8 Å². The van der Waals surface area contributed by atoms with E-state index in [1.165, 1.54) is 23.1 Å². The topological polar surface area (TPSA) is 98.7 Å². The highest BCUT2D eigenvalue weighted by Gasteiger charge is 2.08. The molecule has 0 radical (unpaired) electrons. The maximum Gasteiger partial charge on any atom is 0.246 e. The monoisotopic (exact) mass is 286 g/mol. The lowest BCUT2D eigenvalue weighted by Crippen LogP contribution is -2.19. The van der Waals surface area contributed by atoms with Crippen LogP contribution >= 0.6 is 23.2 Å². The Morgan fingerprint density at radius 2 is 2.06 bits per heavy atom. The normalized spacial score (nSPS) is 10.3. The van der Waals surface area contributed by atoms with Crippen LogP contribution < -0.4 is 11.1 Å². The summed E-state index contributed by atoms with van der Waals surface area (Å²) in [6.45, 7) is -0.00733. The molecule has 3 N–H and O–H groups in total. The van der Waals surface area contributed by atoms with E-state index in [-0.39, 0.29) is 28.2 Å². The predicted octanol–water partition coefficient (Wildman–Crippen LogP) is 1.20. The fourth-order valence-electron chi connectivity index (χ4n) is 1.26. The Morgan fingerprint density at radius 3 is 2.61 bits per heavy atom. The van der Waals surface area contributed by atoms with Crippen molar-refractivity contribution in [3.63, 3.8) is 0 Å². The second kappa shape index (κ2) is 5.19. The number of nitrogens with two attached hydrogens (primary N) is 1. The molecule has 9 heteroatoms. The Balaban J connectivity index is 2.07. The molecule has 0 atom stereocenters. The number of anilines is 2. The molecular formula is C9H8Cl2N6O. The van der Waals surface area contributed by atoms with E-state index in [1.807, 2.05) is 0 Å². The number of nitrogens with one attached hydrogen (secondary N) is 1. The van der Waals surface area contributed by atoms with Gasteiger partial charge < -0.3 is 11.1 Å². The van der Waals surface area contributed by atoms with Gasteiger partial charge in [0.25, 0.3) is 0 Å². The largest absolute Gasteiger partial charge is 0.396 e. The minimum atomic E-state index is -0.306. The third-order valence-corrected chi connectivity index (χ3v) is 2.69. The minimum Gasteiger partial charge on any atom is -0.396 e. The number of nitrogens with zero attached hydrogens (tertiary/aromatic N) is 4. The summed E-state index contributed by atoms with van der Waals surface area (Å²) in [5.41, 5.74) is 6.31. The van der Waals surface area contributed by atoms with Crippen LogP contribution in [0.4, 0.5) is 11.4 Å². The van der Waals surface area contributed by atoms with Crippen LogP contribution in [0.2, 0.25) is 10.0 Å². The summed E-state index contributed by atoms with van der Waals surface area (Å²) in [4.78, 5) is 11.6. The number of hydrogen-bond donors (Lipinski definition) is 2. The van der Waals surface area contributed by atoms with Crippen LogP contribution in [0.15, 0.2) is 18.5 Å². The van der Waals surface area contributed by atoms with Gasteiger partial charge in [0.1, 0.15) is 12.9 Å². The zero-order valence-electron chi connectivity index (χ0n) is 8.97. The molecular weight excluding hydrogens is 279 g/mol. The Morgan fingerprint density at radius 1 is 1.39 bits per heavy atom. The molecule has 2 aromatic rings. The van der Waals surface area contributed by atoms with Gasteiger partial charge in [0.15, 0.2) is 0 Å². The Bertz CT molecular complexity index is 547. The highest BCUT2D eigenvalue weighted by Crippen LogP contribution is 2.30. The average molecular weight is 287 g/mol. The number of benzene rings is 1. The van der Waals surface area contributed by atoms with Gasteiger partial charge in [-0.15, -0.1) is 5.10 Å². The number of hydrogen-bond acceptors (Lipinski definition) is 5. The van der Waals surface area contributed by atoms with E-state index in [0.29, 0.717) is 5.69 Å². The van der Waals surface area contributed by atoms with Crippen molar-refractivity contribution in [2.75, 3.05) is 11.1 Å². The number of carbonyl (C=O) groups is 1. The van der Waals surface area contributed by atoms with Crippen LogP contribution in [0.1, 0.15) is 0 Å². The van der Waals surface area contributed by atoms with Crippen LogP contribution in [-0.4, -0.2) is 26.1 Å². The highest BCUT2D eigenvalue weighted by molar-refractivity contribution is 6.39. The molecule has 0 aliphatic heterocycles. The van der Waals surface area contributed by atoms with Crippen LogP contribution in [0, 0.1) is 0 Å². The quantitative estimate of drug-likeness (QED) is 0.826. The van der Waals surface area contributed by atoms with E-state index in [1.54, 1.807) is 0 Å². The average Bonchev–Trinajstić information content (AvgIpc) is 2.78. The zero-order chi connectivity index (χ0) is 13.1. The second-order valence-electron chi connectivity index (χ2n) is 3.41. The van der Waals surface area contributed by atoms with E-state index in [4.69, 9.17) is 28.9 Å². The minimum absolute atomic E-state index is 0.00733. The highest BCUT2D eigenvalue weighted by atomic mass is 35.5. The number of rotatable bonds is 3. The maximum absolute atomic E-state index is 11.6. The van der Waals surface area contributed by atoms with Gasteiger partial charge in [0.05, 0.1) is 15.7 Å². The molecule has 94 valence electrons. The van der Waals surface area contributed by atoms with Gasteiger partial charge in [0, 0.05) is 5.69 Å². The van der Waals surface area contributed by atoms with Gasteiger partial charge in [0.2, 0.25) is 5.91 Å². The van der Waals surface area contributed by atoms with Crippen molar-refractivity contribution in [3.8, 4) is 0 Å². The fraction of sp³-hybridized carbons (Fsp3) is 0.111. The van der Waals surface area contributed by atoms with Crippen LogP contribution in [0.5, 0.6) is 0 Å². The Kier molecular flexibility index (Phi) is 3.63. The van der Waals surface area contributed by atoms with Crippen LogP contribution in [0.25, 0.3) is 0 Å². The van der Waals surface area contributed by atoms with Crippen molar-refractivity contribution < 1.29 is 4.79 Å². The van der Waals surface area contributed by atoms with Crippen molar-refractivity contribution in [1.29, 1.82) is 0 Å². The van der Waals surface area contributed by atoms with Gasteiger partial charge in [-0.1, -0.05) is 23.2 Å². The SMILES string of the molecule is Nc1c(Cl)cc(NC(=O)Cn2cnnn2)cc1Cl. The van der Waals surface area contributed by atoms with Crippen molar-refractivity contribution in [2.45, 2.75) is 6.54 Å². The molecule has 1 aromatic heterocycles. The summed E-state index contributed by atoms with van der Waals surface area (Å²) >= 11 is 11.7. The lowest BCUT2D eigenvalue weighted by molar-refractivity contribution is -0.116. The standard InChI is InChI=1S/C9H8Cl2N6O/c10-6-1-5(2-7(11)9(6)12)14-8(18)3-17-4-13-15-16-17/h1-2,4H,3,12H2,(H,14,18). The first kappa shape index (κ1) is 12.6. The van der Waals surface area contributed by atoms with E-state index >= 15 is 0 Å². The van der Waals surface area contributed by atoms with Gasteiger partial charge in [-0.3, -0.25) is 4.79 Å². The number of amides is 1. The number of nitrogen functional groups attached to an aromatic ring is 1. The number of aromatic nitrogens is 4. The van der Waals surface area contributed by atoms with E-state index < -0.39 is 0 Å². The summed E-state index contributed by atoms with van der Waals surface area (Å²) < 4.78 is 1.29. The predicted molar refractivity (Wildman–Crippen MR) is 67.3 cm³/mol. The molecule has 0 bridgehead atoms. The zero-order valence-corrected chi connectivity index (χ0v) is 10.5. The first-order valence-corrected chi connectivity index (χ1v) is 5.57. The van der Waals surface area contributed by atoms with Crippen molar-refractivity contribution in [1.82, 2.24) is 20.2 Å². The smallest absolute Gasteiger partial charge is 0.246 e. The molecule has 0 aliphatic carbocycles. The number of tetrazole rings is 1. The number of halogens is 2. The summed E-state index contributed by atoms with van der Waals surface area (Å²) in [7, 11) is 0. The van der Waals surface area contributed by atoms with Crippen LogP contribution in [-0.2, 0) is 11.3 Å². The van der Waals surface area contributed by atoms with Crippen molar-refractivity contribution in [3.05, 3.63) is 28.5 Å². The number of carbonyl (C=O) groups excluding carboxylic acids is 1. The first-order chi connectivity index (χ1) is 8.56.